The van der Waals surface area contributed by atoms with Gasteiger partial charge in [-0.3, -0.25) is 9.69 Å². The second-order valence-electron chi connectivity index (χ2n) is 7.43. The Kier molecular flexibility index (Phi) is 4.22. The summed E-state index contributed by atoms with van der Waals surface area (Å²) in [6, 6.07) is 6.35. The van der Waals surface area contributed by atoms with Crippen LogP contribution in [0.1, 0.15) is 35.2 Å². The van der Waals surface area contributed by atoms with Gasteiger partial charge in [-0.2, -0.15) is 0 Å². The number of amides is 1. The Morgan fingerprint density at radius 2 is 2.17 bits per heavy atom. The molecule has 1 saturated carbocycles. The molecular weight excluding hydrogens is 304 g/mol. The first kappa shape index (κ1) is 15.9. The molecule has 2 aliphatic heterocycles. The maximum absolute atomic E-state index is 12.7. The number of aryl methyl sites for hydroxylation is 1. The number of hydrogen-bond donors (Lipinski definition) is 1. The summed E-state index contributed by atoms with van der Waals surface area (Å²) < 4.78 is 11.4. The van der Waals surface area contributed by atoms with E-state index in [1.165, 1.54) is 12.8 Å². The molecule has 1 aliphatic carbocycles. The maximum Gasteiger partial charge on any atom is 0.255 e. The number of nitrogens with zero attached hydrogens (tertiary/aromatic N) is 1. The number of rotatable bonds is 4. The molecule has 0 bridgehead atoms. The van der Waals surface area contributed by atoms with Gasteiger partial charge in [0.25, 0.3) is 5.91 Å². The van der Waals surface area contributed by atoms with Crippen LogP contribution in [0, 0.1) is 12.8 Å². The highest BCUT2D eigenvalue weighted by molar-refractivity contribution is 5.97. The molecule has 24 heavy (non-hydrogen) atoms. The lowest BCUT2D eigenvalue weighted by atomic mass is 10.1. The van der Waals surface area contributed by atoms with Crippen LogP contribution in [0.25, 0.3) is 0 Å². The Balaban J connectivity index is 1.39. The lowest BCUT2D eigenvalue weighted by Gasteiger charge is -2.35. The zero-order valence-corrected chi connectivity index (χ0v) is 14.5. The van der Waals surface area contributed by atoms with Crippen molar-refractivity contribution in [3.63, 3.8) is 0 Å². The smallest absolute Gasteiger partial charge is 0.255 e. The third kappa shape index (κ3) is 3.15. The third-order valence-corrected chi connectivity index (χ3v) is 5.53. The molecule has 2 heterocycles. The number of hydrogen-bond acceptors (Lipinski definition) is 4. The number of nitrogens with one attached hydrogen (secondary N) is 1. The zero-order chi connectivity index (χ0) is 16.7. The molecule has 0 spiro atoms. The van der Waals surface area contributed by atoms with Gasteiger partial charge < -0.3 is 14.8 Å². The number of methoxy groups -OCH3 is 1. The molecule has 3 atom stereocenters. The van der Waals surface area contributed by atoms with Crippen molar-refractivity contribution in [1.82, 2.24) is 10.2 Å². The first-order chi connectivity index (χ1) is 11.6. The van der Waals surface area contributed by atoms with Crippen molar-refractivity contribution in [3.8, 4) is 5.75 Å². The SMILES string of the molecule is COc1ccc(C)cc1C(=O)N[C@H]1C[C@H]2CO[C@@H](C3CC3)CN2C1. The van der Waals surface area contributed by atoms with E-state index in [1.54, 1.807) is 7.11 Å². The molecule has 3 fully saturated rings. The minimum absolute atomic E-state index is 0.0416. The first-order valence-corrected chi connectivity index (χ1v) is 8.95. The highest BCUT2D eigenvalue weighted by Crippen LogP contribution is 2.38. The Morgan fingerprint density at radius 1 is 1.33 bits per heavy atom. The zero-order valence-electron chi connectivity index (χ0n) is 14.5. The normalized spacial score (nSPS) is 30.0. The highest BCUT2D eigenvalue weighted by atomic mass is 16.5. The molecular formula is C19H26N2O3. The van der Waals surface area contributed by atoms with Gasteiger partial charge in [-0.25, -0.2) is 0 Å². The number of carbonyl (C=O) groups is 1. The van der Waals surface area contributed by atoms with Gasteiger partial charge in [-0.1, -0.05) is 11.6 Å². The summed E-state index contributed by atoms with van der Waals surface area (Å²) in [4.78, 5) is 15.2. The number of fused-ring (bicyclic) bond motifs is 1. The van der Waals surface area contributed by atoms with Crippen LogP contribution >= 0.6 is 0 Å². The minimum atomic E-state index is -0.0416. The molecule has 5 heteroatoms. The molecule has 1 aromatic rings. The van der Waals surface area contributed by atoms with E-state index in [0.717, 1.165) is 37.6 Å². The summed E-state index contributed by atoms with van der Waals surface area (Å²) in [6.45, 7) is 4.75. The van der Waals surface area contributed by atoms with Gasteiger partial charge in [0.1, 0.15) is 5.75 Å². The fourth-order valence-corrected chi connectivity index (χ4v) is 4.02. The average Bonchev–Trinajstić information content (AvgIpc) is 3.35. The molecule has 0 aromatic heterocycles. The van der Waals surface area contributed by atoms with Crippen LogP contribution in [0.3, 0.4) is 0 Å². The van der Waals surface area contributed by atoms with E-state index in [1.807, 2.05) is 25.1 Å². The van der Waals surface area contributed by atoms with Crippen molar-refractivity contribution >= 4 is 5.91 Å². The molecule has 130 valence electrons. The standard InChI is InChI=1S/C19H26N2O3/c1-12-3-6-17(23-2)16(7-12)19(22)20-14-8-15-11-24-18(13-4-5-13)10-21(15)9-14/h3,6-7,13-15,18H,4-5,8-11H2,1-2H3,(H,20,22)/t14-,15-,18+/m0/s1. The molecule has 0 unspecified atom stereocenters. The number of benzene rings is 1. The van der Waals surface area contributed by atoms with Gasteiger partial charge in [-0.05, 0) is 44.2 Å². The molecule has 2 saturated heterocycles. The second-order valence-corrected chi connectivity index (χ2v) is 7.43. The molecule has 4 rings (SSSR count). The molecule has 1 aromatic carbocycles. The monoisotopic (exact) mass is 330 g/mol. The van der Waals surface area contributed by atoms with Crippen LogP contribution in [0.4, 0.5) is 0 Å². The predicted octanol–water partition coefficient (Wildman–Crippen LogP) is 1.99. The molecule has 5 nitrogen and oxygen atoms in total. The van der Waals surface area contributed by atoms with Gasteiger partial charge in [0.2, 0.25) is 0 Å². The summed E-state index contributed by atoms with van der Waals surface area (Å²) >= 11 is 0. The van der Waals surface area contributed by atoms with Gasteiger partial charge >= 0.3 is 0 Å². The quantitative estimate of drug-likeness (QED) is 0.917. The molecule has 3 aliphatic rings. The highest BCUT2D eigenvalue weighted by Gasteiger charge is 2.42. The van der Waals surface area contributed by atoms with Gasteiger partial charge in [0.15, 0.2) is 0 Å². The molecule has 0 radical (unpaired) electrons. The van der Waals surface area contributed by atoms with Crippen molar-refractivity contribution in [2.45, 2.75) is 44.4 Å². The summed E-state index contributed by atoms with van der Waals surface area (Å²) in [6.07, 6.45) is 4.01. The summed E-state index contributed by atoms with van der Waals surface area (Å²) in [7, 11) is 1.60. The van der Waals surface area contributed by atoms with E-state index < -0.39 is 0 Å². The van der Waals surface area contributed by atoms with Gasteiger partial charge in [-0.15, -0.1) is 0 Å². The van der Waals surface area contributed by atoms with Crippen molar-refractivity contribution in [2.24, 2.45) is 5.92 Å². The first-order valence-electron chi connectivity index (χ1n) is 8.95. The number of morpholine rings is 1. The maximum atomic E-state index is 12.7. The van der Waals surface area contributed by atoms with Crippen LogP contribution in [0.2, 0.25) is 0 Å². The molecule has 1 N–H and O–H groups in total. The Labute approximate surface area is 143 Å². The Bertz CT molecular complexity index is 629. The number of carbonyl (C=O) groups excluding carboxylic acids is 1. The van der Waals surface area contributed by atoms with E-state index >= 15 is 0 Å². The van der Waals surface area contributed by atoms with Crippen LogP contribution < -0.4 is 10.1 Å². The summed E-state index contributed by atoms with van der Waals surface area (Å²) in [5, 5.41) is 3.20. The average molecular weight is 330 g/mol. The Hall–Kier alpha value is -1.59. The van der Waals surface area contributed by atoms with E-state index in [9.17, 15) is 4.79 Å². The third-order valence-electron chi connectivity index (χ3n) is 5.53. The van der Waals surface area contributed by atoms with Crippen LogP contribution in [-0.4, -0.2) is 55.8 Å². The van der Waals surface area contributed by atoms with E-state index in [-0.39, 0.29) is 11.9 Å². The molecule has 1 amide bonds. The fraction of sp³-hybridized carbons (Fsp3) is 0.632. The van der Waals surface area contributed by atoms with Gasteiger partial charge in [0.05, 0.1) is 25.4 Å². The van der Waals surface area contributed by atoms with E-state index in [0.29, 0.717) is 23.5 Å². The van der Waals surface area contributed by atoms with Crippen LogP contribution in [0.15, 0.2) is 18.2 Å². The van der Waals surface area contributed by atoms with Crippen molar-refractivity contribution < 1.29 is 14.3 Å². The summed E-state index contributed by atoms with van der Waals surface area (Å²) in [5.74, 6) is 1.36. The van der Waals surface area contributed by atoms with Crippen molar-refractivity contribution in [2.75, 3.05) is 26.8 Å². The predicted molar refractivity (Wildman–Crippen MR) is 91.4 cm³/mol. The van der Waals surface area contributed by atoms with E-state index in [2.05, 4.69) is 10.2 Å². The second kappa shape index (κ2) is 6.37. The van der Waals surface area contributed by atoms with Crippen LogP contribution in [0.5, 0.6) is 5.75 Å². The van der Waals surface area contributed by atoms with Gasteiger partial charge in [0, 0.05) is 25.2 Å². The fourth-order valence-electron chi connectivity index (χ4n) is 4.02. The lowest BCUT2D eigenvalue weighted by Crippen LogP contribution is -2.47. The largest absolute Gasteiger partial charge is 0.496 e. The van der Waals surface area contributed by atoms with Crippen LogP contribution in [-0.2, 0) is 4.74 Å². The Morgan fingerprint density at radius 3 is 2.92 bits per heavy atom. The summed E-state index contributed by atoms with van der Waals surface area (Å²) in [5.41, 5.74) is 1.68. The lowest BCUT2D eigenvalue weighted by molar-refractivity contribution is -0.0581. The minimum Gasteiger partial charge on any atom is -0.496 e. The van der Waals surface area contributed by atoms with Crippen molar-refractivity contribution in [3.05, 3.63) is 29.3 Å². The van der Waals surface area contributed by atoms with E-state index in [4.69, 9.17) is 9.47 Å². The number of ether oxygens (including phenoxy) is 2. The topological polar surface area (TPSA) is 50.8 Å². The van der Waals surface area contributed by atoms with Crippen molar-refractivity contribution in [1.29, 1.82) is 0 Å².